The fourth-order valence-corrected chi connectivity index (χ4v) is 4.60. The maximum atomic E-state index is 14.0. The third-order valence-corrected chi connectivity index (χ3v) is 6.21. The number of rotatable bonds is 3. The number of halogens is 1. The molecule has 0 aliphatic carbocycles. The molecule has 0 saturated carbocycles. The van der Waals surface area contributed by atoms with E-state index in [0.29, 0.717) is 5.69 Å². The molecule has 2 aromatic rings. The molecular weight excluding hydrogens is 405 g/mol. The number of hydrogen-bond donors (Lipinski definition) is 0. The van der Waals surface area contributed by atoms with Crippen molar-refractivity contribution in [3.8, 4) is 0 Å². The van der Waals surface area contributed by atoms with Crippen molar-refractivity contribution < 1.29 is 28.4 Å². The SMILES string of the molecule is CN1C(=O)CC2(C1=O)C(=O)N(CCN1C(=O)c3ccccc3C1=O)c1ccc(F)cc12. The van der Waals surface area contributed by atoms with Crippen molar-refractivity contribution in [2.45, 2.75) is 11.8 Å². The molecule has 0 aromatic heterocycles. The van der Waals surface area contributed by atoms with Crippen LogP contribution in [0.1, 0.15) is 32.7 Å². The monoisotopic (exact) mass is 421 g/mol. The van der Waals surface area contributed by atoms with Crippen molar-refractivity contribution in [2.24, 2.45) is 0 Å². The van der Waals surface area contributed by atoms with E-state index in [1.54, 1.807) is 24.3 Å². The summed E-state index contributed by atoms with van der Waals surface area (Å²) in [6.45, 7) is -0.196. The molecule has 3 aliphatic rings. The van der Waals surface area contributed by atoms with Gasteiger partial charge in [-0.3, -0.25) is 33.8 Å². The van der Waals surface area contributed by atoms with Crippen LogP contribution in [-0.4, -0.2) is 59.5 Å². The van der Waals surface area contributed by atoms with Gasteiger partial charge in [0, 0.05) is 31.4 Å². The van der Waals surface area contributed by atoms with E-state index in [2.05, 4.69) is 0 Å². The van der Waals surface area contributed by atoms with E-state index in [1.807, 2.05) is 0 Å². The summed E-state index contributed by atoms with van der Waals surface area (Å²) >= 11 is 0. The van der Waals surface area contributed by atoms with Gasteiger partial charge in [0.05, 0.1) is 17.5 Å². The highest BCUT2D eigenvalue weighted by molar-refractivity contribution is 6.28. The minimum absolute atomic E-state index is 0.0874. The molecule has 1 unspecified atom stereocenters. The molecule has 0 N–H and O–H groups in total. The minimum atomic E-state index is -1.81. The minimum Gasteiger partial charge on any atom is -0.309 e. The van der Waals surface area contributed by atoms with Crippen LogP contribution in [0.4, 0.5) is 10.1 Å². The molecule has 5 amide bonds. The Balaban J connectivity index is 1.49. The Kier molecular flexibility index (Phi) is 3.89. The summed E-state index contributed by atoms with van der Waals surface area (Å²) < 4.78 is 14.0. The van der Waals surface area contributed by atoms with Crippen LogP contribution < -0.4 is 4.90 Å². The largest absolute Gasteiger partial charge is 0.309 e. The summed E-state index contributed by atoms with van der Waals surface area (Å²) in [5.74, 6) is -3.47. The third kappa shape index (κ3) is 2.37. The number of nitrogens with zero attached hydrogens (tertiary/aromatic N) is 3. The zero-order valence-electron chi connectivity index (χ0n) is 16.4. The first-order valence-electron chi connectivity index (χ1n) is 9.65. The number of carbonyl (C=O) groups excluding carboxylic acids is 5. The molecule has 1 spiro atoms. The second-order valence-electron chi connectivity index (χ2n) is 7.77. The highest BCUT2D eigenvalue weighted by Crippen LogP contribution is 2.48. The number of amides is 5. The average molecular weight is 421 g/mol. The van der Waals surface area contributed by atoms with Gasteiger partial charge < -0.3 is 4.90 Å². The molecule has 31 heavy (non-hydrogen) atoms. The van der Waals surface area contributed by atoms with Gasteiger partial charge in [-0.15, -0.1) is 0 Å². The topological polar surface area (TPSA) is 95.1 Å². The van der Waals surface area contributed by atoms with E-state index in [9.17, 15) is 28.4 Å². The lowest BCUT2D eigenvalue weighted by Crippen LogP contribution is -2.48. The van der Waals surface area contributed by atoms with Gasteiger partial charge in [0.15, 0.2) is 5.41 Å². The zero-order chi connectivity index (χ0) is 22.1. The Bertz CT molecular complexity index is 1190. The normalized spacial score (nSPS) is 22.3. The predicted molar refractivity (Wildman–Crippen MR) is 105 cm³/mol. The molecule has 0 bridgehead atoms. The van der Waals surface area contributed by atoms with Gasteiger partial charge in [0.1, 0.15) is 5.82 Å². The van der Waals surface area contributed by atoms with Crippen LogP contribution in [-0.2, 0) is 19.8 Å². The van der Waals surface area contributed by atoms with Crippen LogP contribution in [0.5, 0.6) is 0 Å². The summed E-state index contributed by atoms with van der Waals surface area (Å²) in [4.78, 5) is 66.9. The first-order chi connectivity index (χ1) is 14.8. The van der Waals surface area contributed by atoms with Crippen molar-refractivity contribution in [3.63, 3.8) is 0 Å². The van der Waals surface area contributed by atoms with Gasteiger partial charge in [-0.1, -0.05) is 12.1 Å². The fraction of sp³-hybridized carbons (Fsp3) is 0.227. The maximum Gasteiger partial charge on any atom is 0.261 e. The van der Waals surface area contributed by atoms with Crippen molar-refractivity contribution in [2.75, 3.05) is 25.0 Å². The molecule has 156 valence electrons. The number of likely N-dealkylation sites (N-methyl/N-ethyl adjacent to an activating group) is 1. The van der Waals surface area contributed by atoms with Gasteiger partial charge in [-0.25, -0.2) is 4.39 Å². The number of carbonyl (C=O) groups is 5. The highest BCUT2D eigenvalue weighted by atomic mass is 19.1. The fourth-order valence-electron chi connectivity index (χ4n) is 4.60. The van der Waals surface area contributed by atoms with Crippen LogP contribution in [0, 0.1) is 5.82 Å². The molecular formula is C22H16FN3O5. The first kappa shape index (κ1) is 19.1. The molecule has 8 nitrogen and oxygen atoms in total. The van der Waals surface area contributed by atoms with Crippen molar-refractivity contribution in [3.05, 3.63) is 65.0 Å². The molecule has 3 heterocycles. The second-order valence-corrected chi connectivity index (χ2v) is 7.77. The van der Waals surface area contributed by atoms with E-state index in [1.165, 1.54) is 18.0 Å². The molecule has 1 saturated heterocycles. The molecule has 3 aliphatic heterocycles. The number of likely N-dealkylation sites (tertiary alicyclic amines) is 1. The summed E-state index contributed by atoms with van der Waals surface area (Å²) in [5.41, 5.74) is -0.817. The Labute approximate surface area is 175 Å². The molecule has 5 rings (SSSR count). The molecule has 2 aromatic carbocycles. The molecule has 1 fully saturated rings. The summed E-state index contributed by atoms with van der Waals surface area (Å²) in [7, 11) is 1.28. The summed E-state index contributed by atoms with van der Waals surface area (Å²) in [6.07, 6.45) is -0.388. The van der Waals surface area contributed by atoms with Gasteiger partial charge in [0.2, 0.25) is 17.7 Å². The van der Waals surface area contributed by atoms with Crippen LogP contribution in [0.25, 0.3) is 0 Å². The Morgan fingerprint density at radius 3 is 2.06 bits per heavy atom. The first-order valence-corrected chi connectivity index (χ1v) is 9.65. The highest BCUT2D eigenvalue weighted by Gasteiger charge is 2.63. The lowest BCUT2D eigenvalue weighted by Gasteiger charge is -2.23. The summed E-state index contributed by atoms with van der Waals surface area (Å²) in [5, 5.41) is 0. The average Bonchev–Trinajstić information content (AvgIpc) is 3.24. The number of imide groups is 2. The van der Waals surface area contributed by atoms with Crippen molar-refractivity contribution in [1.29, 1.82) is 0 Å². The lowest BCUT2D eigenvalue weighted by atomic mass is 9.80. The standard InChI is InChI=1S/C22H16FN3O5/c1-24-17(27)11-22(20(24)30)15-10-12(23)6-7-16(15)25(21(22)31)8-9-26-18(28)13-4-2-3-5-14(13)19(26)29/h2-7,10H,8-9,11H2,1H3. The van der Waals surface area contributed by atoms with E-state index in [-0.39, 0.29) is 36.2 Å². The maximum absolute atomic E-state index is 14.0. The van der Waals surface area contributed by atoms with E-state index in [4.69, 9.17) is 0 Å². The van der Waals surface area contributed by atoms with Gasteiger partial charge in [-0.2, -0.15) is 0 Å². The molecule has 1 atom stereocenters. The van der Waals surface area contributed by atoms with Crippen LogP contribution in [0.3, 0.4) is 0 Å². The summed E-state index contributed by atoms with van der Waals surface area (Å²) in [6, 6.07) is 10.1. The van der Waals surface area contributed by atoms with E-state index < -0.39 is 40.8 Å². The van der Waals surface area contributed by atoms with Gasteiger partial charge in [0.25, 0.3) is 11.8 Å². The molecule has 0 radical (unpaired) electrons. The van der Waals surface area contributed by atoms with E-state index >= 15 is 0 Å². The second kappa shape index (κ2) is 6.31. The number of hydrogen-bond acceptors (Lipinski definition) is 5. The van der Waals surface area contributed by atoms with Crippen LogP contribution in [0.15, 0.2) is 42.5 Å². The van der Waals surface area contributed by atoms with E-state index in [0.717, 1.165) is 21.9 Å². The quantitative estimate of drug-likeness (QED) is 0.546. The number of benzene rings is 2. The Morgan fingerprint density at radius 2 is 1.48 bits per heavy atom. The Morgan fingerprint density at radius 1 is 0.871 bits per heavy atom. The predicted octanol–water partition coefficient (Wildman–Crippen LogP) is 1.10. The zero-order valence-corrected chi connectivity index (χ0v) is 16.4. The smallest absolute Gasteiger partial charge is 0.261 e. The van der Waals surface area contributed by atoms with Crippen molar-refractivity contribution >= 4 is 35.2 Å². The van der Waals surface area contributed by atoms with Gasteiger partial charge >= 0.3 is 0 Å². The third-order valence-electron chi connectivity index (χ3n) is 6.21. The van der Waals surface area contributed by atoms with Crippen LogP contribution in [0.2, 0.25) is 0 Å². The van der Waals surface area contributed by atoms with Crippen molar-refractivity contribution in [1.82, 2.24) is 9.80 Å². The van der Waals surface area contributed by atoms with Gasteiger partial charge in [-0.05, 0) is 30.3 Å². The lowest BCUT2D eigenvalue weighted by molar-refractivity contribution is -0.140. The number of fused-ring (bicyclic) bond motifs is 3. The Hall–Kier alpha value is -3.88. The molecule has 9 heteroatoms. The van der Waals surface area contributed by atoms with Crippen LogP contribution >= 0.6 is 0 Å². The number of anilines is 1.